The van der Waals surface area contributed by atoms with Gasteiger partial charge >= 0.3 is 0 Å². The van der Waals surface area contributed by atoms with Gasteiger partial charge in [0.05, 0.1) is 38.6 Å². The van der Waals surface area contributed by atoms with E-state index in [1.807, 2.05) is 6.08 Å². The topological polar surface area (TPSA) is 307 Å². The van der Waals surface area contributed by atoms with Crippen LogP contribution in [0.2, 0.25) is 0 Å². The van der Waals surface area contributed by atoms with Crippen molar-refractivity contribution in [2.75, 3.05) is 26.4 Å². The van der Waals surface area contributed by atoms with E-state index in [9.17, 15) is 61.0 Å². The molecule has 3 heterocycles. The van der Waals surface area contributed by atoms with E-state index in [0.29, 0.717) is 6.42 Å². The Morgan fingerprint density at radius 2 is 0.670 bits per heavy atom. The molecular formula is C75H141NO18. The highest BCUT2D eigenvalue weighted by molar-refractivity contribution is 5.76. The zero-order valence-corrected chi connectivity index (χ0v) is 59.0. The molecule has 17 unspecified atom stereocenters. The van der Waals surface area contributed by atoms with Gasteiger partial charge in [-0.1, -0.05) is 289 Å². The number of hydrogen-bond donors (Lipinski definition) is 12. The van der Waals surface area contributed by atoms with Crippen LogP contribution in [0.5, 0.6) is 0 Å². The maximum Gasteiger partial charge on any atom is 0.220 e. The summed E-state index contributed by atoms with van der Waals surface area (Å²) in [5.41, 5.74) is 0. The Hall–Kier alpha value is -1.73. The van der Waals surface area contributed by atoms with Gasteiger partial charge in [0.1, 0.15) is 73.2 Å². The van der Waals surface area contributed by atoms with Gasteiger partial charge in [0.15, 0.2) is 18.9 Å². The lowest BCUT2D eigenvalue weighted by Crippen LogP contribution is -2.66. The Kier molecular flexibility index (Phi) is 52.4. The summed E-state index contributed by atoms with van der Waals surface area (Å²) in [7, 11) is 0. The summed E-state index contributed by atoms with van der Waals surface area (Å²) in [4.78, 5) is 13.3. The van der Waals surface area contributed by atoms with Gasteiger partial charge in [0, 0.05) is 6.42 Å². The lowest BCUT2D eigenvalue weighted by atomic mass is 9.96. The molecule has 0 bridgehead atoms. The molecule has 0 aromatic heterocycles. The number of hydrogen-bond acceptors (Lipinski definition) is 18. The van der Waals surface area contributed by atoms with E-state index in [2.05, 4.69) is 31.3 Å². The molecule has 0 aromatic carbocycles. The Labute approximate surface area is 568 Å². The van der Waals surface area contributed by atoms with Gasteiger partial charge in [-0.25, -0.2) is 0 Å². The molecule has 3 saturated heterocycles. The van der Waals surface area contributed by atoms with Crippen molar-refractivity contribution in [2.24, 2.45) is 0 Å². The average molecular weight is 1340 g/mol. The van der Waals surface area contributed by atoms with Gasteiger partial charge in [0.25, 0.3) is 0 Å². The lowest BCUT2D eigenvalue weighted by molar-refractivity contribution is -0.379. The van der Waals surface area contributed by atoms with Gasteiger partial charge in [-0.15, -0.1) is 0 Å². The first kappa shape index (κ1) is 86.5. The minimum Gasteiger partial charge on any atom is -0.394 e. The van der Waals surface area contributed by atoms with Crippen LogP contribution >= 0.6 is 0 Å². The molecule has 0 aliphatic carbocycles. The number of carbonyl (C=O) groups excluding carboxylic acids is 1. The van der Waals surface area contributed by atoms with Gasteiger partial charge < -0.3 is 89.9 Å². The van der Waals surface area contributed by atoms with Crippen LogP contribution in [0.1, 0.15) is 316 Å². The molecule has 0 aromatic rings. The maximum absolute atomic E-state index is 13.3. The predicted molar refractivity (Wildman–Crippen MR) is 370 cm³/mol. The van der Waals surface area contributed by atoms with Gasteiger partial charge in [-0.3, -0.25) is 4.79 Å². The van der Waals surface area contributed by atoms with Crippen LogP contribution in [-0.4, -0.2) is 193 Å². The molecule has 19 heteroatoms. The highest BCUT2D eigenvalue weighted by Crippen LogP contribution is 2.33. The van der Waals surface area contributed by atoms with Gasteiger partial charge in [-0.2, -0.15) is 0 Å². The molecule has 1 amide bonds. The van der Waals surface area contributed by atoms with E-state index in [-0.39, 0.29) is 18.9 Å². The van der Waals surface area contributed by atoms with Crippen molar-refractivity contribution >= 4 is 5.91 Å². The molecule has 12 N–H and O–H groups in total. The highest BCUT2D eigenvalue weighted by Gasteiger charge is 2.53. The summed E-state index contributed by atoms with van der Waals surface area (Å²) in [6.45, 7) is 1.70. The summed E-state index contributed by atoms with van der Waals surface area (Å²) in [6, 6.07) is -0.967. The third-order valence-corrected chi connectivity index (χ3v) is 19.5. The van der Waals surface area contributed by atoms with E-state index in [0.717, 1.165) is 51.4 Å². The van der Waals surface area contributed by atoms with Crippen molar-refractivity contribution in [2.45, 2.75) is 420 Å². The van der Waals surface area contributed by atoms with Crippen molar-refractivity contribution in [3.8, 4) is 0 Å². The van der Waals surface area contributed by atoms with Crippen LogP contribution in [0.25, 0.3) is 0 Å². The third-order valence-electron chi connectivity index (χ3n) is 19.5. The molecule has 554 valence electrons. The summed E-state index contributed by atoms with van der Waals surface area (Å²) >= 11 is 0. The molecule has 3 aliphatic rings. The largest absolute Gasteiger partial charge is 0.394 e. The van der Waals surface area contributed by atoms with E-state index >= 15 is 0 Å². The molecule has 0 radical (unpaired) electrons. The third kappa shape index (κ3) is 37.6. The second-order valence-electron chi connectivity index (χ2n) is 27.8. The average Bonchev–Trinajstić information content (AvgIpc) is 0.791. The van der Waals surface area contributed by atoms with E-state index < -0.39 is 124 Å². The Morgan fingerprint density at radius 3 is 1.03 bits per heavy atom. The minimum absolute atomic E-state index is 0.248. The summed E-state index contributed by atoms with van der Waals surface area (Å²) in [6.07, 6.45) is 41.2. The number of allylic oxidation sites excluding steroid dienone is 3. The molecule has 0 saturated carbocycles. The van der Waals surface area contributed by atoms with Crippen LogP contribution in [0.4, 0.5) is 0 Å². The first-order valence-corrected chi connectivity index (χ1v) is 38.6. The van der Waals surface area contributed by atoms with E-state index in [1.54, 1.807) is 6.08 Å². The smallest absolute Gasteiger partial charge is 0.220 e. The van der Waals surface area contributed by atoms with Crippen molar-refractivity contribution in [3.63, 3.8) is 0 Å². The van der Waals surface area contributed by atoms with Gasteiger partial charge in [0.2, 0.25) is 5.91 Å². The van der Waals surface area contributed by atoms with Gasteiger partial charge in [-0.05, 0) is 44.9 Å². The summed E-state index contributed by atoms with van der Waals surface area (Å²) < 4.78 is 34.3. The second kappa shape index (κ2) is 57.0. The van der Waals surface area contributed by atoms with Crippen molar-refractivity contribution in [1.29, 1.82) is 0 Å². The number of rotatable bonds is 61. The standard InChI is InChI=1S/C75H141NO18/c1-3-5-7-9-11-13-14-15-16-17-18-19-20-21-22-23-24-25-26-27-28-29-30-31-32-33-34-35-36-37-38-39-40-41-42-43-44-45-47-49-51-53-63(81)76-58(59(80)52-50-48-46-12-10-8-6-4-2)57-89-73-69(87)66(84)71(61(55-78)91-73)94-75-70(88)67(85)72(62(56-79)92-75)93-74-68(86)65(83)64(82)60(54-77)90-74/h17-18,50,52,58-62,64-75,77-80,82-88H,3-16,19-49,51,53-57H2,1-2H3,(H,76,81)/b18-17-,52-50+. The highest BCUT2D eigenvalue weighted by atomic mass is 16.8. The normalized spacial score (nSPS) is 27.4. The molecule has 17 atom stereocenters. The Morgan fingerprint density at radius 1 is 0.372 bits per heavy atom. The van der Waals surface area contributed by atoms with Crippen molar-refractivity contribution in [3.05, 3.63) is 24.3 Å². The fourth-order valence-electron chi connectivity index (χ4n) is 13.2. The maximum atomic E-state index is 13.3. The number of ether oxygens (including phenoxy) is 6. The minimum atomic E-state index is -1.98. The molecule has 3 aliphatic heterocycles. The molecule has 3 rings (SSSR count). The summed E-state index contributed by atoms with van der Waals surface area (Å²) in [5.74, 6) is -0.273. The lowest BCUT2D eigenvalue weighted by Gasteiger charge is -2.48. The number of aliphatic hydroxyl groups is 11. The molecule has 19 nitrogen and oxygen atoms in total. The zero-order valence-electron chi connectivity index (χ0n) is 59.0. The van der Waals surface area contributed by atoms with Crippen LogP contribution in [0.3, 0.4) is 0 Å². The Bertz CT molecular complexity index is 1800. The quantitative estimate of drug-likeness (QED) is 0.0199. The number of carbonyl (C=O) groups is 1. The number of nitrogens with one attached hydrogen (secondary N) is 1. The molecule has 3 fully saturated rings. The first-order valence-electron chi connectivity index (χ1n) is 38.6. The summed E-state index contributed by atoms with van der Waals surface area (Å²) in [5, 5.41) is 120. The number of unbranched alkanes of at least 4 members (excludes halogenated alkanes) is 43. The number of amides is 1. The Balaban J connectivity index is 1.22. The van der Waals surface area contributed by atoms with E-state index in [1.165, 1.54) is 238 Å². The van der Waals surface area contributed by atoms with Crippen LogP contribution in [0.15, 0.2) is 24.3 Å². The van der Waals surface area contributed by atoms with Crippen molar-refractivity contribution < 1.29 is 89.4 Å². The van der Waals surface area contributed by atoms with Crippen LogP contribution < -0.4 is 5.32 Å². The van der Waals surface area contributed by atoms with E-state index in [4.69, 9.17) is 28.4 Å². The number of aliphatic hydroxyl groups excluding tert-OH is 11. The fourth-order valence-corrected chi connectivity index (χ4v) is 13.2. The first-order chi connectivity index (χ1) is 45.8. The fraction of sp³-hybridized carbons (Fsp3) is 0.933. The molecule has 94 heavy (non-hydrogen) atoms. The second-order valence-corrected chi connectivity index (χ2v) is 27.8. The monoisotopic (exact) mass is 1340 g/mol. The SMILES string of the molecule is CCCCCCCC/C=C/C(O)C(COC1OC(CO)C(OC2OC(CO)C(OC3OC(CO)C(O)C(O)C3O)C(O)C2O)C(O)C1O)NC(=O)CCCCCCCCCCCCCCCCCCCCCCCCCCCCCCC/C=C\CCCCCCCCCC. The zero-order chi connectivity index (χ0) is 68.2. The van der Waals surface area contributed by atoms with Crippen LogP contribution in [0, 0.1) is 0 Å². The molecule has 0 spiro atoms. The molecular weight excluding hydrogens is 1200 g/mol. The van der Waals surface area contributed by atoms with Crippen molar-refractivity contribution in [1.82, 2.24) is 5.32 Å². The van der Waals surface area contributed by atoms with Crippen LogP contribution in [-0.2, 0) is 33.2 Å². The predicted octanol–water partition coefficient (Wildman–Crippen LogP) is 11.8.